The standard InChI is InChI=1S/C15H20N2O3/c1-12(2)20-14-5-3-13(4-6-14)15(19)17-9-7-16(11-18)8-10-17/h3-6,11-12H,7-10H2,1-2H3. The van der Waals surface area contributed by atoms with Crippen molar-refractivity contribution in [3.63, 3.8) is 0 Å². The molecule has 5 nitrogen and oxygen atoms in total. The summed E-state index contributed by atoms with van der Waals surface area (Å²) in [5, 5.41) is 0. The molecule has 0 spiro atoms. The highest BCUT2D eigenvalue weighted by Crippen LogP contribution is 2.15. The van der Waals surface area contributed by atoms with Gasteiger partial charge in [-0.1, -0.05) is 0 Å². The second-order valence-corrected chi connectivity index (χ2v) is 5.12. The fourth-order valence-electron chi connectivity index (χ4n) is 2.16. The van der Waals surface area contributed by atoms with Gasteiger partial charge < -0.3 is 14.5 Å². The molecule has 5 heteroatoms. The van der Waals surface area contributed by atoms with E-state index in [0.29, 0.717) is 31.7 Å². The largest absolute Gasteiger partial charge is 0.491 e. The van der Waals surface area contributed by atoms with E-state index in [0.717, 1.165) is 12.2 Å². The van der Waals surface area contributed by atoms with Gasteiger partial charge in [0.25, 0.3) is 5.91 Å². The molecule has 20 heavy (non-hydrogen) atoms. The molecule has 0 bridgehead atoms. The van der Waals surface area contributed by atoms with Crippen molar-refractivity contribution in [1.29, 1.82) is 0 Å². The molecule has 1 fully saturated rings. The smallest absolute Gasteiger partial charge is 0.253 e. The Morgan fingerprint density at radius 3 is 2.25 bits per heavy atom. The van der Waals surface area contributed by atoms with Crippen molar-refractivity contribution < 1.29 is 14.3 Å². The Balaban J connectivity index is 1.97. The van der Waals surface area contributed by atoms with Gasteiger partial charge in [0, 0.05) is 31.7 Å². The number of amides is 2. The van der Waals surface area contributed by atoms with Crippen molar-refractivity contribution in [2.24, 2.45) is 0 Å². The van der Waals surface area contributed by atoms with Gasteiger partial charge in [-0.15, -0.1) is 0 Å². The van der Waals surface area contributed by atoms with E-state index in [1.165, 1.54) is 0 Å². The van der Waals surface area contributed by atoms with Crippen molar-refractivity contribution in [2.45, 2.75) is 20.0 Å². The first-order valence-corrected chi connectivity index (χ1v) is 6.85. The van der Waals surface area contributed by atoms with Crippen LogP contribution in [0.5, 0.6) is 5.75 Å². The molecule has 1 aromatic carbocycles. The van der Waals surface area contributed by atoms with Crippen LogP contribution in [-0.4, -0.2) is 54.4 Å². The Bertz CT molecular complexity index is 463. The molecule has 0 unspecified atom stereocenters. The lowest BCUT2D eigenvalue weighted by molar-refractivity contribution is -0.119. The Labute approximate surface area is 119 Å². The Morgan fingerprint density at radius 1 is 1.15 bits per heavy atom. The van der Waals surface area contributed by atoms with Gasteiger partial charge in [0.15, 0.2) is 0 Å². The van der Waals surface area contributed by atoms with Gasteiger partial charge in [-0.25, -0.2) is 0 Å². The van der Waals surface area contributed by atoms with Gasteiger partial charge in [-0.3, -0.25) is 9.59 Å². The summed E-state index contributed by atoms with van der Waals surface area (Å²) < 4.78 is 5.55. The first-order chi connectivity index (χ1) is 9.60. The third-order valence-corrected chi connectivity index (χ3v) is 3.22. The van der Waals surface area contributed by atoms with E-state index in [2.05, 4.69) is 0 Å². The minimum Gasteiger partial charge on any atom is -0.491 e. The summed E-state index contributed by atoms with van der Waals surface area (Å²) in [5.74, 6) is 0.772. The number of benzene rings is 1. The predicted molar refractivity (Wildman–Crippen MR) is 75.7 cm³/mol. The Kier molecular flexibility index (Phi) is 4.61. The lowest BCUT2D eigenvalue weighted by Crippen LogP contribution is -2.48. The first kappa shape index (κ1) is 14.4. The highest BCUT2D eigenvalue weighted by atomic mass is 16.5. The number of rotatable bonds is 4. The molecule has 1 heterocycles. The van der Waals surface area contributed by atoms with Crippen molar-refractivity contribution in [3.8, 4) is 5.75 Å². The molecule has 1 aliphatic rings. The van der Waals surface area contributed by atoms with Crippen LogP contribution < -0.4 is 4.74 Å². The molecule has 0 saturated carbocycles. The molecular weight excluding hydrogens is 256 g/mol. The summed E-state index contributed by atoms with van der Waals surface area (Å²) in [6.45, 7) is 6.30. The maximum Gasteiger partial charge on any atom is 0.253 e. The summed E-state index contributed by atoms with van der Waals surface area (Å²) in [4.78, 5) is 26.4. The average Bonchev–Trinajstić information content (AvgIpc) is 2.47. The minimum absolute atomic E-state index is 0.00615. The van der Waals surface area contributed by atoms with Crippen LogP contribution in [0.1, 0.15) is 24.2 Å². The Morgan fingerprint density at radius 2 is 1.75 bits per heavy atom. The maximum absolute atomic E-state index is 12.3. The van der Waals surface area contributed by atoms with Gasteiger partial charge in [0.2, 0.25) is 6.41 Å². The van der Waals surface area contributed by atoms with Crippen LogP contribution in [0.15, 0.2) is 24.3 Å². The highest BCUT2D eigenvalue weighted by molar-refractivity contribution is 5.94. The van der Waals surface area contributed by atoms with E-state index < -0.39 is 0 Å². The lowest BCUT2D eigenvalue weighted by atomic mass is 10.1. The summed E-state index contributed by atoms with van der Waals surface area (Å²) in [7, 11) is 0. The van der Waals surface area contributed by atoms with Crippen LogP contribution >= 0.6 is 0 Å². The molecule has 0 aromatic heterocycles. The maximum atomic E-state index is 12.3. The number of carbonyl (C=O) groups is 2. The van der Waals surface area contributed by atoms with Crippen LogP contribution in [0.4, 0.5) is 0 Å². The summed E-state index contributed by atoms with van der Waals surface area (Å²) in [6, 6.07) is 7.20. The summed E-state index contributed by atoms with van der Waals surface area (Å²) >= 11 is 0. The molecule has 1 saturated heterocycles. The summed E-state index contributed by atoms with van der Waals surface area (Å²) in [6.07, 6.45) is 0.952. The number of piperazine rings is 1. The van der Waals surface area contributed by atoms with Crippen LogP contribution in [0.2, 0.25) is 0 Å². The normalized spacial score (nSPS) is 15.3. The van der Waals surface area contributed by atoms with E-state index in [9.17, 15) is 9.59 Å². The molecule has 1 aromatic rings. The molecule has 2 rings (SSSR count). The van der Waals surface area contributed by atoms with E-state index in [-0.39, 0.29) is 12.0 Å². The topological polar surface area (TPSA) is 49.9 Å². The molecule has 2 amide bonds. The van der Waals surface area contributed by atoms with Crippen LogP contribution in [0, 0.1) is 0 Å². The monoisotopic (exact) mass is 276 g/mol. The zero-order chi connectivity index (χ0) is 14.5. The lowest BCUT2D eigenvalue weighted by Gasteiger charge is -2.32. The van der Waals surface area contributed by atoms with Gasteiger partial charge in [-0.2, -0.15) is 0 Å². The molecule has 108 valence electrons. The summed E-state index contributed by atoms with van der Waals surface area (Å²) in [5.41, 5.74) is 0.653. The number of ether oxygens (including phenoxy) is 1. The van der Waals surface area contributed by atoms with Gasteiger partial charge in [0.1, 0.15) is 5.75 Å². The van der Waals surface area contributed by atoms with Crippen LogP contribution in [-0.2, 0) is 4.79 Å². The predicted octanol–water partition coefficient (Wildman–Crippen LogP) is 1.39. The van der Waals surface area contributed by atoms with E-state index >= 15 is 0 Å². The van der Waals surface area contributed by atoms with Gasteiger partial charge in [0.05, 0.1) is 6.10 Å². The van der Waals surface area contributed by atoms with Crippen molar-refractivity contribution >= 4 is 12.3 Å². The zero-order valence-corrected chi connectivity index (χ0v) is 11.9. The number of nitrogens with zero attached hydrogens (tertiary/aromatic N) is 2. The number of carbonyl (C=O) groups excluding carboxylic acids is 2. The van der Waals surface area contributed by atoms with Crippen molar-refractivity contribution in [3.05, 3.63) is 29.8 Å². The van der Waals surface area contributed by atoms with Crippen LogP contribution in [0.25, 0.3) is 0 Å². The SMILES string of the molecule is CC(C)Oc1ccc(C(=O)N2CCN(C=O)CC2)cc1. The third kappa shape index (κ3) is 3.50. The van der Waals surface area contributed by atoms with Crippen molar-refractivity contribution in [1.82, 2.24) is 9.80 Å². The fourth-order valence-corrected chi connectivity index (χ4v) is 2.16. The number of hydrogen-bond acceptors (Lipinski definition) is 3. The molecular formula is C15H20N2O3. The minimum atomic E-state index is 0.00615. The molecule has 1 aliphatic heterocycles. The molecule has 0 N–H and O–H groups in total. The van der Waals surface area contributed by atoms with E-state index in [4.69, 9.17) is 4.74 Å². The second kappa shape index (κ2) is 6.41. The zero-order valence-electron chi connectivity index (χ0n) is 11.9. The molecule has 0 aliphatic carbocycles. The van der Waals surface area contributed by atoms with Crippen molar-refractivity contribution in [2.75, 3.05) is 26.2 Å². The highest BCUT2D eigenvalue weighted by Gasteiger charge is 2.21. The van der Waals surface area contributed by atoms with E-state index in [1.807, 2.05) is 26.0 Å². The quantitative estimate of drug-likeness (QED) is 0.781. The fraction of sp³-hybridized carbons (Fsp3) is 0.467. The third-order valence-electron chi connectivity index (χ3n) is 3.22. The average molecular weight is 276 g/mol. The van der Waals surface area contributed by atoms with Gasteiger partial charge in [-0.05, 0) is 38.1 Å². The number of hydrogen-bond donors (Lipinski definition) is 0. The van der Waals surface area contributed by atoms with Crippen LogP contribution in [0.3, 0.4) is 0 Å². The molecule has 0 radical (unpaired) electrons. The molecule has 0 atom stereocenters. The van der Waals surface area contributed by atoms with Gasteiger partial charge >= 0.3 is 0 Å². The first-order valence-electron chi connectivity index (χ1n) is 6.85. The Hall–Kier alpha value is -2.04. The van der Waals surface area contributed by atoms with E-state index in [1.54, 1.807) is 21.9 Å². The second-order valence-electron chi connectivity index (χ2n) is 5.12.